The highest BCUT2D eigenvalue weighted by Crippen LogP contribution is 2.19. The lowest BCUT2D eigenvalue weighted by Crippen LogP contribution is -2.47. The third-order valence-electron chi connectivity index (χ3n) is 6.20. The maximum atomic E-state index is 13.1. The number of aryl methyl sites for hydroxylation is 2. The Morgan fingerprint density at radius 3 is 2.56 bits per heavy atom. The SMILES string of the molecule is CCCn1c(=O)c2ccccc2n2c(=S)n(CN3CCN(c4cccc(C)c4)CC3)nc12. The van der Waals surface area contributed by atoms with Crippen LogP contribution in [-0.4, -0.2) is 49.8 Å². The zero-order chi connectivity index (χ0) is 22.2. The molecule has 32 heavy (non-hydrogen) atoms. The van der Waals surface area contributed by atoms with Crippen molar-refractivity contribution in [2.24, 2.45) is 0 Å². The molecule has 0 bridgehead atoms. The highest BCUT2D eigenvalue weighted by molar-refractivity contribution is 7.71. The van der Waals surface area contributed by atoms with E-state index in [1.807, 2.05) is 33.3 Å². The van der Waals surface area contributed by atoms with Gasteiger partial charge >= 0.3 is 0 Å². The fourth-order valence-corrected chi connectivity index (χ4v) is 4.83. The van der Waals surface area contributed by atoms with Crippen molar-refractivity contribution in [3.05, 3.63) is 69.2 Å². The van der Waals surface area contributed by atoms with Crippen LogP contribution in [-0.2, 0) is 13.2 Å². The number of para-hydroxylation sites is 1. The Bertz CT molecular complexity index is 1390. The molecule has 7 nitrogen and oxygen atoms in total. The van der Waals surface area contributed by atoms with E-state index in [1.54, 1.807) is 4.57 Å². The molecule has 0 radical (unpaired) electrons. The van der Waals surface area contributed by atoms with Gasteiger partial charge in [-0.15, -0.1) is 5.10 Å². The number of aromatic nitrogens is 4. The van der Waals surface area contributed by atoms with Gasteiger partial charge in [-0.05, 0) is 55.4 Å². The van der Waals surface area contributed by atoms with Crippen LogP contribution in [0.15, 0.2) is 53.3 Å². The second kappa shape index (κ2) is 8.52. The quantitative estimate of drug-likeness (QED) is 0.436. The zero-order valence-corrected chi connectivity index (χ0v) is 19.4. The molecule has 166 valence electrons. The molecule has 5 rings (SSSR count). The lowest BCUT2D eigenvalue weighted by molar-refractivity contribution is 0.194. The van der Waals surface area contributed by atoms with Crippen molar-refractivity contribution in [1.82, 2.24) is 23.6 Å². The summed E-state index contributed by atoms with van der Waals surface area (Å²) in [7, 11) is 0. The van der Waals surface area contributed by atoms with Crippen LogP contribution in [0.5, 0.6) is 0 Å². The third kappa shape index (κ3) is 3.63. The number of anilines is 1. The standard InChI is InChI=1S/C24H28N6OS/c1-3-11-28-22(31)20-9-4-5-10-21(20)30-23(28)25-29(24(30)32)17-26-12-14-27(15-13-26)19-8-6-7-18(2)16-19/h4-10,16H,3,11-15,17H2,1-2H3. The molecule has 0 aliphatic carbocycles. The van der Waals surface area contributed by atoms with Crippen molar-refractivity contribution >= 4 is 34.6 Å². The molecule has 1 aliphatic heterocycles. The van der Waals surface area contributed by atoms with Crippen molar-refractivity contribution in [3.8, 4) is 0 Å². The molecular weight excluding hydrogens is 420 g/mol. The summed E-state index contributed by atoms with van der Waals surface area (Å²) in [5.74, 6) is 0.624. The lowest BCUT2D eigenvalue weighted by atomic mass is 10.2. The maximum Gasteiger partial charge on any atom is 0.262 e. The predicted molar refractivity (Wildman–Crippen MR) is 131 cm³/mol. The Morgan fingerprint density at radius 2 is 1.81 bits per heavy atom. The van der Waals surface area contributed by atoms with E-state index in [1.165, 1.54) is 11.3 Å². The largest absolute Gasteiger partial charge is 0.369 e. The van der Waals surface area contributed by atoms with E-state index in [9.17, 15) is 4.79 Å². The summed E-state index contributed by atoms with van der Waals surface area (Å²) >= 11 is 5.84. The summed E-state index contributed by atoms with van der Waals surface area (Å²) in [6, 6.07) is 16.3. The van der Waals surface area contributed by atoms with Gasteiger partial charge in [0.05, 0.1) is 17.6 Å². The molecule has 1 aliphatic rings. The molecule has 0 amide bonds. The molecule has 3 heterocycles. The van der Waals surface area contributed by atoms with Crippen molar-refractivity contribution in [1.29, 1.82) is 0 Å². The van der Waals surface area contributed by atoms with Crippen molar-refractivity contribution < 1.29 is 0 Å². The Hall–Kier alpha value is -2.97. The lowest BCUT2D eigenvalue weighted by Gasteiger charge is -2.36. The van der Waals surface area contributed by atoms with Crippen LogP contribution in [0.1, 0.15) is 18.9 Å². The minimum atomic E-state index is -0.00568. The molecule has 0 N–H and O–H groups in total. The molecule has 4 aromatic rings. The molecule has 0 atom stereocenters. The monoisotopic (exact) mass is 448 g/mol. The predicted octanol–water partition coefficient (Wildman–Crippen LogP) is 3.68. The molecule has 0 saturated carbocycles. The van der Waals surface area contributed by atoms with E-state index in [0.717, 1.165) is 38.1 Å². The summed E-state index contributed by atoms with van der Waals surface area (Å²) in [5.41, 5.74) is 3.38. The van der Waals surface area contributed by atoms with Crippen LogP contribution in [0.2, 0.25) is 0 Å². The van der Waals surface area contributed by atoms with Gasteiger partial charge in [-0.1, -0.05) is 31.2 Å². The van der Waals surface area contributed by atoms with Gasteiger partial charge in [-0.3, -0.25) is 18.7 Å². The van der Waals surface area contributed by atoms with Gasteiger partial charge in [0.1, 0.15) is 0 Å². The van der Waals surface area contributed by atoms with Crippen molar-refractivity contribution in [3.63, 3.8) is 0 Å². The molecule has 1 saturated heterocycles. The smallest absolute Gasteiger partial charge is 0.262 e. The number of benzene rings is 2. The fourth-order valence-electron chi connectivity index (χ4n) is 4.55. The highest BCUT2D eigenvalue weighted by Gasteiger charge is 2.20. The first-order chi connectivity index (χ1) is 15.6. The van der Waals surface area contributed by atoms with Crippen LogP contribution in [0.3, 0.4) is 0 Å². The summed E-state index contributed by atoms with van der Waals surface area (Å²) < 4.78 is 6.20. The molecule has 2 aromatic carbocycles. The summed E-state index contributed by atoms with van der Waals surface area (Å²) in [5, 5.41) is 5.48. The van der Waals surface area contributed by atoms with Gasteiger partial charge in [-0.2, -0.15) is 0 Å². The van der Waals surface area contributed by atoms with E-state index < -0.39 is 0 Å². The van der Waals surface area contributed by atoms with E-state index in [0.29, 0.717) is 29.1 Å². The molecule has 2 aromatic heterocycles. The first-order valence-electron chi connectivity index (χ1n) is 11.2. The fraction of sp³-hybridized carbons (Fsp3) is 0.375. The van der Waals surface area contributed by atoms with Gasteiger partial charge in [0.25, 0.3) is 5.56 Å². The Kier molecular flexibility index (Phi) is 5.57. The first kappa shape index (κ1) is 20.9. The molecule has 0 unspecified atom stereocenters. The zero-order valence-electron chi connectivity index (χ0n) is 18.6. The van der Waals surface area contributed by atoms with E-state index in [2.05, 4.69) is 47.9 Å². The average molecular weight is 449 g/mol. The number of fused-ring (bicyclic) bond motifs is 3. The number of rotatable bonds is 5. The summed E-state index contributed by atoms with van der Waals surface area (Å²) in [4.78, 5) is 17.9. The molecule has 8 heteroatoms. The summed E-state index contributed by atoms with van der Waals surface area (Å²) in [6.45, 7) is 9.24. The topological polar surface area (TPSA) is 50.7 Å². The first-order valence-corrected chi connectivity index (χ1v) is 11.6. The van der Waals surface area contributed by atoms with E-state index >= 15 is 0 Å². The van der Waals surface area contributed by atoms with Gasteiger partial charge in [0, 0.05) is 38.4 Å². The van der Waals surface area contributed by atoms with E-state index in [4.69, 9.17) is 17.3 Å². The number of piperazine rings is 1. The Morgan fingerprint density at radius 1 is 1.03 bits per heavy atom. The van der Waals surface area contributed by atoms with Gasteiger partial charge in [0.2, 0.25) is 10.5 Å². The summed E-state index contributed by atoms with van der Waals surface area (Å²) in [6.07, 6.45) is 0.856. The molecule has 1 fully saturated rings. The normalized spacial score (nSPS) is 15.1. The number of hydrogen-bond donors (Lipinski definition) is 0. The maximum absolute atomic E-state index is 13.1. The van der Waals surface area contributed by atoms with Gasteiger partial charge < -0.3 is 4.90 Å². The van der Waals surface area contributed by atoms with Gasteiger partial charge in [0.15, 0.2) is 0 Å². The Balaban J connectivity index is 1.45. The highest BCUT2D eigenvalue weighted by atomic mass is 32.1. The van der Waals surface area contributed by atoms with E-state index in [-0.39, 0.29) is 5.56 Å². The van der Waals surface area contributed by atoms with Crippen LogP contribution in [0.25, 0.3) is 16.7 Å². The average Bonchev–Trinajstić information content (AvgIpc) is 3.13. The third-order valence-corrected chi connectivity index (χ3v) is 6.60. The van der Waals surface area contributed by atoms with Gasteiger partial charge in [-0.25, -0.2) is 4.68 Å². The van der Waals surface area contributed by atoms with Crippen LogP contribution in [0, 0.1) is 11.7 Å². The minimum Gasteiger partial charge on any atom is -0.369 e. The minimum absolute atomic E-state index is 0.00568. The number of nitrogens with zero attached hydrogens (tertiary/aromatic N) is 6. The molecular formula is C24H28N6OS. The number of hydrogen-bond acceptors (Lipinski definition) is 5. The van der Waals surface area contributed by atoms with Crippen LogP contribution >= 0.6 is 12.2 Å². The second-order valence-electron chi connectivity index (χ2n) is 8.48. The second-order valence-corrected chi connectivity index (χ2v) is 8.84. The van der Waals surface area contributed by atoms with Crippen molar-refractivity contribution in [2.75, 3.05) is 31.1 Å². The molecule has 0 spiro atoms. The van der Waals surface area contributed by atoms with Crippen LogP contribution in [0.4, 0.5) is 5.69 Å². The Labute approximate surface area is 192 Å². The van der Waals surface area contributed by atoms with Crippen molar-refractivity contribution in [2.45, 2.75) is 33.5 Å². The van der Waals surface area contributed by atoms with Crippen LogP contribution < -0.4 is 10.5 Å².